The van der Waals surface area contributed by atoms with Gasteiger partial charge in [0.05, 0.1) is 6.33 Å². The zero-order valence-electron chi connectivity index (χ0n) is 12.0. The lowest BCUT2D eigenvalue weighted by molar-refractivity contribution is 0.295. The zero-order valence-corrected chi connectivity index (χ0v) is 12.8. The fourth-order valence-corrected chi connectivity index (χ4v) is 4.25. The molecule has 1 aromatic heterocycles. The van der Waals surface area contributed by atoms with Crippen LogP contribution in [0.2, 0.25) is 0 Å². The first-order valence-electron chi connectivity index (χ1n) is 7.19. The Labute approximate surface area is 120 Å². The lowest BCUT2D eigenvalue weighted by Gasteiger charge is -2.34. The number of nitrogens with zero attached hydrogens (tertiary/aromatic N) is 2. The van der Waals surface area contributed by atoms with Gasteiger partial charge in [0, 0.05) is 25.3 Å². The highest BCUT2D eigenvalue weighted by atomic mass is 32.2. The molecule has 0 radical (unpaired) electrons. The standard InChI is InChI=1S/C13H24N4O2S/c1-17-9-12(15-11-17)20(18,19)16-13(10-14)7-5-3-2-4-6-8-13/h9,11,16H,2-8,10,14H2,1H3. The summed E-state index contributed by atoms with van der Waals surface area (Å²) in [6, 6.07) is 0. The van der Waals surface area contributed by atoms with E-state index >= 15 is 0 Å². The first-order valence-corrected chi connectivity index (χ1v) is 8.68. The summed E-state index contributed by atoms with van der Waals surface area (Å²) in [6.45, 7) is 0.332. The van der Waals surface area contributed by atoms with E-state index in [9.17, 15) is 8.42 Å². The number of hydrogen-bond acceptors (Lipinski definition) is 4. The number of aryl methyl sites for hydroxylation is 1. The summed E-state index contributed by atoms with van der Waals surface area (Å²) in [4.78, 5) is 3.93. The van der Waals surface area contributed by atoms with Gasteiger partial charge in [-0.3, -0.25) is 0 Å². The Morgan fingerprint density at radius 1 is 1.30 bits per heavy atom. The topological polar surface area (TPSA) is 90.0 Å². The smallest absolute Gasteiger partial charge is 0.260 e. The van der Waals surface area contributed by atoms with Crippen LogP contribution in [0.25, 0.3) is 0 Å². The normalized spacial score (nSPS) is 20.3. The van der Waals surface area contributed by atoms with Gasteiger partial charge in [0.15, 0.2) is 5.03 Å². The van der Waals surface area contributed by atoms with Crippen LogP contribution in [0.15, 0.2) is 17.6 Å². The van der Waals surface area contributed by atoms with E-state index < -0.39 is 15.6 Å². The molecular formula is C13H24N4O2S. The summed E-state index contributed by atoms with van der Waals surface area (Å²) in [5.74, 6) is 0. The van der Waals surface area contributed by atoms with Gasteiger partial charge in [0.2, 0.25) is 0 Å². The van der Waals surface area contributed by atoms with Crippen molar-refractivity contribution in [2.75, 3.05) is 6.54 Å². The molecule has 2 rings (SSSR count). The summed E-state index contributed by atoms with van der Waals surface area (Å²) in [6.07, 6.45) is 10.2. The van der Waals surface area contributed by atoms with Crippen molar-refractivity contribution in [2.24, 2.45) is 12.8 Å². The highest BCUT2D eigenvalue weighted by molar-refractivity contribution is 7.89. The molecule has 1 saturated carbocycles. The summed E-state index contributed by atoms with van der Waals surface area (Å²) >= 11 is 0. The second-order valence-electron chi connectivity index (χ2n) is 5.74. The van der Waals surface area contributed by atoms with E-state index in [2.05, 4.69) is 9.71 Å². The number of rotatable bonds is 4. The number of hydrogen-bond donors (Lipinski definition) is 2. The van der Waals surface area contributed by atoms with Crippen LogP contribution in [0, 0.1) is 0 Å². The highest BCUT2D eigenvalue weighted by Gasteiger charge is 2.34. The van der Waals surface area contributed by atoms with Crippen LogP contribution in [-0.4, -0.2) is 30.1 Å². The lowest BCUT2D eigenvalue weighted by atomic mass is 9.85. The van der Waals surface area contributed by atoms with Crippen LogP contribution in [0.5, 0.6) is 0 Å². The third-order valence-corrected chi connectivity index (χ3v) is 5.47. The minimum Gasteiger partial charge on any atom is -0.339 e. The van der Waals surface area contributed by atoms with Gasteiger partial charge < -0.3 is 10.3 Å². The van der Waals surface area contributed by atoms with Crippen molar-refractivity contribution in [3.63, 3.8) is 0 Å². The van der Waals surface area contributed by atoms with E-state index in [4.69, 9.17) is 5.73 Å². The molecule has 0 bridgehead atoms. The Hall–Kier alpha value is -0.920. The average molecular weight is 300 g/mol. The maximum absolute atomic E-state index is 12.4. The Bertz CT molecular complexity index is 530. The van der Waals surface area contributed by atoms with Crippen molar-refractivity contribution in [3.8, 4) is 0 Å². The van der Waals surface area contributed by atoms with Crippen LogP contribution in [-0.2, 0) is 17.1 Å². The number of aromatic nitrogens is 2. The van der Waals surface area contributed by atoms with Gasteiger partial charge >= 0.3 is 0 Å². The number of sulfonamides is 1. The molecule has 6 nitrogen and oxygen atoms in total. The van der Waals surface area contributed by atoms with Crippen molar-refractivity contribution >= 4 is 10.0 Å². The first kappa shape index (κ1) is 15.5. The van der Waals surface area contributed by atoms with Crippen molar-refractivity contribution in [1.29, 1.82) is 0 Å². The van der Waals surface area contributed by atoms with Crippen LogP contribution in [0.4, 0.5) is 0 Å². The van der Waals surface area contributed by atoms with E-state index in [0.29, 0.717) is 6.54 Å². The van der Waals surface area contributed by atoms with E-state index in [0.717, 1.165) is 38.5 Å². The quantitative estimate of drug-likeness (QED) is 0.872. The monoisotopic (exact) mass is 300 g/mol. The SMILES string of the molecule is Cn1cnc(S(=O)(=O)NC2(CN)CCCCCCC2)c1. The van der Waals surface area contributed by atoms with E-state index in [1.165, 1.54) is 18.9 Å². The Morgan fingerprint density at radius 3 is 2.40 bits per heavy atom. The summed E-state index contributed by atoms with van der Waals surface area (Å²) in [5.41, 5.74) is 5.38. The summed E-state index contributed by atoms with van der Waals surface area (Å²) in [7, 11) is -1.85. The molecule has 0 unspecified atom stereocenters. The minimum absolute atomic E-state index is 0.0647. The predicted octanol–water partition coefficient (Wildman–Crippen LogP) is 1.14. The molecular weight excluding hydrogens is 276 g/mol. The molecule has 7 heteroatoms. The molecule has 0 saturated heterocycles. The van der Waals surface area contributed by atoms with E-state index in [-0.39, 0.29) is 5.03 Å². The first-order chi connectivity index (χ1) is 9.47. The van der Waals surface area contributed by atoms with Crippen LogP contribution >= 0.6 is 0 Å². The van der Waals surface area contributed by atoms with Gasteiger partial charge in [-0.25, -0.2) is 18.1 Å². The Balaban J connectivity index is 2.19. The molecule has 3 N–H and O–H groups in total. The third kappa shape index (κ3) is 3.59. The molecule has 114 valence electrons. The highest BCUT2D eigenvalue weighted by Crippen LogP contribution is 2.27. The molecule has 20 heavy (non-hydrogen) atoms. The fourth-order valence-electron chi connectivity index (χ4n) is 2.79. The maximum atomic E-state index is 12.4. The van der Waals surface area contributed by atoms with E-state index in [1.54, 1.807) is 11.6 Å². The lowest BCUT2D eigenvalue weighted by Crippen LogP contribution is -2.53. The van der Waals surface area contributed by atoms with E-state index in [1.807, 2.05) is 0 Å². The molecule has 0 atom stereocenters. The molecule has 1 aliphatic rings. The van der Waals surface area contributed by atoms with Crippen LogP contribution in [0.1, 0.15) is 44.9 Å². The average Bonchev–Trinajstić information content (AvgIpc) is 2.80. The molecule has 0 aliphatic heterocycles. The molecule has 1 heterocycles. The largest absolute Gasteiger partial charge is 0.339 e. The van der Waals surface area contributed by atoms with Crippen molar-refractivity contribution in [3.05, 3.63) is 12.5 Å². The minimum atomic E-state index is -3.60. The van der Waals surface area contributed by atoms with Gasteiger partial charge in [0.25, 0.3) is 10.0 Å². The molecule has 1 aliphatic carbocycles. The van der Waals surface area contributed by atoms with Crippen LogP contribution in [0.3, 0.4) is 0 Å². The van der Waals surface area contributed by atoms with Crippen molar-refractivity contribution in [2.45, 2.75) is 55.5 Å². The predicted molar refractivity (Wildman–Crippen MR) is 77.6 cm³/mol. The second kappa shape index (κ2) is 6.24. The Kier molecular flexibility index (Phi) is 4.82. The number of imidazole rings is 1. The Morgan fingerprint density at radius 2 is 1.90 bits per heavy atom. The summed E-state index contributed by atoms with van der Waals surface area (Å²) < 4.78 is 29.3. The van der Waals surface area contributed by atoms with Crippen molar-refractivity contribution < 1.29 is 8.42 Å². The van der Waals surface area contributed by atoms with Gasteiger partial charge in [-0.1, -0.05) is 32.1 Å². The van der Waals surface area contributed by atoms with Gasteiger partial charge in [0.1, 0.15) is 0 Å². The second-order valence-corrected chi connectivity index (χ2v) is 7.36. The zero-order chi connectivity index (χ0) is 14.6. The number of nitrogens with two attached hydrogens (primary N) is 1. The fraction of sp³-hybridized carbons (Fsp3) is 0.769. The summed E-state index contributed by atoms with van der Waals surface area (Å²) in [5, 5.41) is 0.0647. The molecule has 0 amide bonds. The molecule has 1 aromatic rings. The van der Waals surface area contributed by atoms with Crippen molar-refractivity contribution in [1.82, 2.24) is 14.3 Å². The van der Waals surface area contributed by atoms with Gasteiger partial charge in [-0.15, -0.1) is 0 Å². The number of nitrogens with one attached hydrogen (secondary N) is 1. The van der Waals surface area contributed by atoms with Crippen LogP contribution < -0.4 is 10.5 Å². The molecule has 0 spiro atoms. The van der Waals surface area contributed by atoms with Gasteiger partial charge in [-0.2, -0.15) is 0 Å². The molecule has 1 fully saturated rings. The third-order valence-electron chi connectivity index (χ3n) is 4.01. The molecule has 0 aromatic carbocycles. The van der Waals surface area contributed by atoms with Gasteiger partial charge in [-0.05, 0) is 12.8 Å². The maximum Gasteiger partial charge on any atom is 0.260 e.